The van der Waals surface area contributed by atoms with Crippen LogP contribution in [-0.4, -0.2) is 20.4 Å². The number of anilines is 1. The number of fused-ring (bicyclic) bond motifs is 1. The van der Waals surface area contributed by atoms with Crippen molar-refractivity contribution in [1.82, 2.24) is 9.55 Å². The number of amides is 1. The van der Waals surface area contributed by atoms with Gasteiger partial charge in [-0.2, -0.15) is 0 Å². The summed E-state index contributed by atoms with van der Waals surface area (Å²) in [5.74, 6) is 0.0225. The molecule has 0 bridgehead atoms. The van der Waals surface area contributed by atoms with Crippen LogP contribution < -0.4 is 4.90 Å². The molecule has 0 saturated carbocycles. The zero-order chi connectivity index (χ0) is 18.8. The van der Waals surface area contributed by atoms with E-state index in [0.717, 1.165) is 46.9 Å². The molecule has 2 aromatic carbocycles. The molecule has 4 heterocycles. The minimum atomic E-state index is -0.0645. The number of thiocarbonyl (C=S) groups is 1. The van der Waals surface area contributed by atoms with Crippen LogP contribution in [0.3, 0.4) is 0 Å². The van der Waals surface area contributed by atoms with E-state index in [4.69, 9.17) is 12.2 Å². The van der Waals surface area contributed by atoms with Crippen molar-refractivity contribution in [2.24, 2.45) is 0 Å². The first-order valence-electron chi connectivity index (χ1n) is 9.76. The maximum Gasteiger partial charge on any atom is 0.233 e. The molecule has 138 valence electrons. The second-order valence-electron chi connectivity index (χ2n) is 7.74. The molecule has 2 aromatic heterocycles. The zero-order valence-electron chi connectivity index (χ0n) is 15.3. The first-order valence-corrected chi connectivity index (χ1v) is 10.2. The maximum absolute atomic E-state index is 13.1. The summed E-state index contributed by atoms with van der Waals surface area (Å²) in [4.78, 5) is 18.9. The summed E-state index contributed by atoms with van der Waals surface area (Å²) in [6, 6.07) is 14.6. The highest BCUT2D eigenvalue weighted by Gasteiger charge is 2.39. The second kappa shape index (κ2) is 5.79. The van der Waals surface area contributed by atoms with Crippen molar-refractivity contribution in [2.45, 2.75) is 31.7 Å². The highest BCUT2D eigenvalue weighted by molar-refractivity contribution is 7.80. The Bertz CT molecular complexity index is 1280. The number of aromatic nitrogens is 2. The summed E-state index contributed by atoms with van der Waals surface area (Å²) in [5.41, 5.74) is 5.76. The van der Waals surface area contributed by atoms with Crippen molar-refractivity contribution < 1.29 is 4.79 Å². The van der Waals surface area contributed by atoms with Crippen LogP contribution in [0, 0.1) is 0 Å². The predicted octanol–water partition coefficient (Wildman–Crippen LogP) is 4.92. The van der Waals surface area contributed by atoms with E-state index in [-0.39, 0.29) is 11.8 Å². The Balaban J connectivity index is 1.48. The van der Waals surface area contributed by atoms with E-state index in [1.165, 1.54) is 11.1 Å². The van der Waals surface area contributed by atoms with Crippen LogP contribution in [0.15, 0.2) is 54.9 Å². The fourth-order valence-electron chi connectivity index (χ4n) is 4.93. The van der Waals surface area contributed by atoms with Crippen LogP contribution in [0.2, 0.25) is 0 Å². The van der Waals surface area contributed by atoms with Gasteiger partial charge in [-0.1, -0.05) is 48.6 Å². The van der Waals surface area contributed by atoms with Gasteiger partial charge in [-0.25, -0.2) is 0 Å². The Morgan fingerprint density at radius 2 is 1.93 bits per heavy atom. The molecule has 6 rings (SSSR count). The molecule has 4 aromatic rings. The lowest BCUT2D eigenvalue weighted by atomic mass is 9.97. The number of hydrogen-bond acceptors (Lipinski definition) is 2. The molecule has 0 spiro atoms. The fraction of sp³-hybridized carbons (Fsp3) is 0.217. The van der Waals surface area contributed by atoms with Crippen LogP contribution in [0.5, 0.6) is 0 Å². The van der Waals surface area contributed by atoms with Gasteiger partial charge in [-0.3, -0.25) is 9.69 Å². The SMILES string of the molecule is O=C1CC(c2c[nH]c3ccccc23)C(=S)N1c1cn2c3c(cccc13)CCC2. The minimum absolute atomic E-state index is 0.0645. The highest BCUT2D eigenvalue weighted by atomic mass is 32.1. The predicted molar refractivity (Wildman–Crippen MR) is 116 cm³/mol. The van der Waals surface area contributed by atoms with Crippen LogP contribution in [-0.2, 0) is 17.8 Å². The van der Waals surface area contributed by atoms with Crippen LogP contribution in [0.1, 0.15) is 29.9 Å². The average Bonchev–Trinajstić information content (AvgIpc) is 3.37. The molecular formula is C23H19N3OS. The summed E-state index contributed by atoms with van der Waals surface area (Å²) in [6.45, 7) is 0.994. The van der Waals surface area contributed by atoms with Gasteiger partial charge in [0.15, 0.2) is 0 Å². The Morgan fingerprint density at radius 3 is 2.86 bits per heavy atom. The molecule has 28 heavy (non-hydrogen) atoms. The number of aryl methyl sites for hydroxylation is 2. The first-order chi connectivity index (χ1) is 13.7. The van der Waals surface area contributed by atoms with Crippen LogP contribution >= 0.6 is 12.2 Å². The van der Waals surface area contributed by atoms with Gasteiger partial charge in [0.05, 0.1) is 16.2 Å². The number of nitrogens with zero attached hydrogens (tertiary/aromatic N) is 2. The third kappa shape index (κ3) is 2.11. The molecule has 1 N–H and O–H groups in total. The lowest BCUT2D eigenvalue weighted by molar-refractivity contribution is -0.116. The van der Waals surface area contributed by atoms with Crippen LogP contribution in [0.25, 0.3) is 21.8 Å². The summed E-state index contributed by atoms with van der Waals surface area (Å²) < 4.78 is 2.29. The largest absolute Gasteiger partial charge is 0.361 e. The van der Waals surface area contributed by atoms with E-state index in [0.29, 0.717) is 11.4 Å². The lowest BCUT2D eigenvalue weighted by Gasteiger charge is -2.17. The number of H-pyrrole nitrogens is 1. The molecule has 2 aliphatic heterocycles. The number of nitrogens with one attached hydrogen (secondary N) is 1. The van der Waals surface area contributed by atoms with E-state index in [1.807, 2.05) is 18.3 Å². The molecule has 1 unspecified atom stereocenters. The summed E-state index contributed by atoms with van der Waals surface area (Å²) >= 11 is 5.87. The van der Waals surface area contributed by atoms with E-state index in [1.54, 1.807) is 4.90 Å². The monoisotopic (exact) mass is 385 g/mol. The number of rotatable bonds is 2. The quantitative estimate of drug-likeness (QED) is 0.498. The van der Waals surface area contributed by atoms with Crippen molar-refractivity contribution in [3.63, 3.8) is 0 Å². The second-order valence-corrected chi connectivity index (χ2v) is 8.16. The molecule has 1 fully saturated rings. The van der Waals surface area contributed by atoms with Crippen molar-refractivity contribution in [2.75, 3.05) is 4.90 Å². The normalized spacial score (nSPS) is 19.3. The maximum atomic E-state index is 13.1. The van der Waals surface area contributed by atoms with E-state index >= 15 is 0 Å². The fourth-order valence-corrected chi connectivity index (χ4v) is 5.34. The summed E-state index contributed by atoms with van der Waals surface area (Å²) in [6.07, 6.45) is 6.78. The Kier molecular flexibility index (Phi) is 3.32. The van der Waals surface area contributed by atoms with Crippen molar-refractivity contribution in [3.8, 4) is 0 Å². The van der Waals surface area contributed by atoms with Crippen molar-refractivity contribution >= 4 is 50.6 Å². The molecule has 1 atom stereocenters. The lowest BCUT2D eigenvalue weighted by Crippen LogP contribution is -2.28. The van der Waals surface area contributed by atoms with Gasteiger partial charge in [0.1, 0.15) is 0 Å². The molecular weight excluding hydrogens is 366 g/mol. The summed E-state index contributed by atoms with van der Waals surface area (Å²) in [7, 11) is 0. The number of para-hydroxylation sites is 2. The van der Waals surface area contributed by atoms with E-state index in [2.05, 4.69) is 46.1 Å². The molecule has 1 saturated heterocycles. The number of benzene rings is 2. The highest BCUT2D eigenvalue weighted by Crippen LogP contribution is 2.41. The van der Waals surface area contributed by atoms with Gasteiger partial charge in [-0.05, 0) is 30.0 Å². The summed E-state index contributed by atoms with van der Waals surface area (Å²) in [5, 5.41) is 2.28. The van der Waals surface area contributed by atoms with Crippen molar-refractivity contribution in [1.29, 1.82) is 0 Å². The van der Waals surface area contributed by atoms with Gasteiger partial charge in [0.2, 0.25) is 5.91 Å². The molecule has 1 amide bonds. The van der Waals surface area contributed by atoms with Gasteiger partial charge in [0.25, 0.3) is 0 Å². The zero-order valence-corrected chi connectivity index (χ0v) is 16.1. The molecule has 4 nitrogen and oxygen atoms in total. The topological polar surface area (TPSA) is 41.0 Å². The van der Waals surface area contributed by atoms with Gasteiger partial charge in [-0.15, -0.1) is 0 Å². The number of carbonyl (C=O) groups is 1. The molecule has 0 radical (unpaired) electrons. The Hall–Kier alpha value is -2.92. The Labute approximate surface area is 167 Å². The minimum Gasteiger partial charge on any atom is -0.361 e. The van der Waals surface area contributed by atoms with Crippen LogP contribution in [0.4, 0.5) is 5.69 Å². The standard InChI is InChI=1S/C23H19N3OS/c27-21-11-17(18-12-24-19-9-2-1-7-15(18)19)23(28)26(21)20-13-25-10-4-6-14-5-3-8-16(20)22(14)25/h1-3,5,7-9,12-13,17,24H,4,6,10-11H2. The van der Waals surface area contributed by atoms with Crippen molar-refractivity contribution in [3.05, 3.63) is 66.0 Å². The van der Waals surface area contributed by atoms with E-state index < -0.39 is 0 Å². The molecule has 5 heteroatoms. The molecule has 2 aliphatic rings. The van der Waals surface area contributed by atoms with Gasteiger partial charge in [0, 0.05) is 47.6 Å². The first kappa shape index (κ1) is 16.1. The smallest absolute Gasteiger partial charge is 0.233 e. The Morgan fingerprint density at radius 1 is 1.07 bits per heavy atom. The number of hydrogen-bond donors (Lipinski definition) is 1. The number of carbonyl (C=O) groups excluding carboxylic acids is 1. The number of aromatic amines is 1. The average molecular weight is 385 g/mol. The van der Waals surface area contributed by atoms with Gasteiger partial charge >= 0.3 is 0 Å². The van der Waals surface area contributed by atoms with E-state index in [9.17, 15) is 4.79 Å². The third-order valence-corrected chi connectivity index (χ3v) is 6.66. The third-order valence-electron chi connectivity index (χ3n) is 6.19. The molecule has 0 aliphatic carbocycles. The van der Waals surface area contributed by atoms with Gasteiger partial charge < -0.3 is 9.55 Å².